The van der Waals surface area contributed by atoms with Crippen molar-refractivity contribution in [3.63, 3.8) is 0 Å². The molecule has 0 bridgehead atoms. The molecule has 16 heavy (non-hydrogen) atoms. The van der Waals surface area contributed by atoms with Gasteiger partial charge in [0.25, 0.3) is 0 Å². The Hall–Kier alpha value is -0.750. The molecule has 84 valence electrons. The Morgan fingerprint density at radius 3 is 2.88 bits per heavy atom. The van der Waals surface area contributed by atoms with Gasteiger partial charge in [-0.1, -0.05) is 6.07 Å². The molecular weight excluding hydrogens is 286 g/mol. The SMILES string of the molecule is NNC(Cc1ccc(Br)s1)c1cccnc1. The van der Waals surface area contributed by atoms with E-state index in [1.165, 1.54) is 4.88 Å². The number of nitrogens with one attached hydrogen (secondary N) is 1. The number of hydrazine groups is 1. The summed E-state index contributed by atoms with van der Waals surface area (Å²) in [6.45, 7) is 0. The molecule has 0 aromatic carbocycles. The third-order valence-corrected chi connectivity index (χ3v) is 3.97. The van der Waals surface area contributed by atoms with Gasteiger partial charge < -0.3 is 0 Å². The van der Waals surface area contributed by atoms with Crippen LogP contribution in [0.25, 0.3) is 0 Å². The number of hydrogen-bond acceptors (Lipinski definition) is 4. The molecule has 0 aliphatic rings. The lowest BCUT2D eigenvalue weighted by Gasteiger charge is -2.14. The first kappa shape index (κ1) is 11.7. The molecule has 0 aliphatic heterocycles. The summed E-state index contributed by atoms with van der Waals surface area (Å²) in [5, 5.41) is 0. The van der Waals surface area contributed by atoms with Gasteiger partial charge in [0.15, 0.2) is 0 Å². The van der Waals surface area contributed by atoms with E-state index in [1.54, 1.807) is 17.5 Å². The highest BCUT2D eigenvalue weighted by atomic mass is 79.9. The minimum atomic E-state index is 0.110. The van der Waals surface area contributed by atoms with Crippen LogP contribution in [0, 0.1) is 0 Å². The monoisotopic (exact) mass is 297 g/mol. The normalized spacial score (nSPS) is 12.6. The maximum Gasteiger partial charge on any atom is 0.0701 e. The van der Waals surface area contributed by atoms with E-state index in [0.29, 0.717) is 0 Å². The number of hydrogen-bond donors (Lipinski definition) is 2. The van der Waals surface area contributed by atoms with E-state index < -0.39 is 0 Å². The van der Waals surface area contributed by atoms with Crippen molar-refractivity contribution in [2.24, 2.45) is 5.84 Å². The molecule has 3 nitrogen and oxygen atoms in total. The number of nitrogens with two attached hydrogens (primary N) is 1. The molecule has 2 heterocycles. The second-order valence-corrected chi connectivity index (χ2v) is 5.96. The second kappa shape index (κ2) is 5.54. The summed E-state index contributed by atoms with van der Waals surface area (Å²) in [4.78, 5) is 5.39. The van der Waals surface area contributed by atoms with E-state index in [2.05, 4.69) is 38.5 Å². The van der Waals surface area contributed by atoms with Crippen molar-refractivity contribution in [1.82, 2.24) is 10.4 Å². The predicted molar refractivity (Wildman–Crippen MR) is 70.0 cm³/mol. The summed E-state index contributed by atoms with van der Waals surface area (Å²) in [6, 6.07) is 8.22. The highest BCUT2D eigenvalue weighted by Gasteiger charge is 2.11. The summed E-state index contributed by atoms with van der Waals surface area (Å²) < 4.78 is 1.14. The number of aromatic nitrogens is 1. The molecule has 2 rings (SSSR count). The fourth-order valence-corrected chi connectivity index (χ4v) is 3.05. The Kier molecular flexibility index (Phi) is 4.06. The van der Waals surface area contributed by atoms with Crippen LogP contribution >= 0.6 is 27.3 Å². The van der Waals surface area contributed by atoms with Gasteiger partial charge in [-0.25, -0.2) is 0 Å². The predicted octanol–water partition coefficient (Wildman–Crippen LogP) is 2.65. The van der Waals surface area contributed by atoms with Gasteiger partial charge in [-0.2, -0.15) is 0 Å². The van der Waals surface area contributed by atoms with Crippen molar-refractivity contribution >= 4 is 27.3 Å². The van der Waals surface area contributed by atoms with Crippen molar-refractivity contribution in [2.45, 2.75) is 12.5 Å². The van der Waals surface area contributed by atoms with Crippen molar-refractivity contribution in [1.29, 1.82) is 0 Å². The van der Waals surface area contributed by atoms with Crippen molar-refractivity contribution in [2.75, 3.05) is 0 Å². The number of halogens is 1. The number of rotatable bonds is 4. The van der Waals surface area contributed by atoms with Gasteiger partial charge in [0.2, 0.25) is 0 Å². The molecule has 0 spiro atoms. The number of nitrogens with zero attached hydrogens (tertiary/aromatic N) is 1. The van der Waals surface area contributed by atoms with E-state index in [0.717, 1.165) is 15.8 Å². The Bertz CT molecular complexity index is 444. The zero-order valence-electron chi connectivity index (χ0n) is 8.56. The van der Waals surface area contributed by atoms with E-state index in [1.807, 2.05) is 18.3 Å². The molecule has 1 unspecified atom stereocenters. The first-order valence-electron chi connectivity index (χ1n) is 4.90. The first-order valence-corrected chi connectivity index (χ1v) is 6.51. The molecule has 5 heteroatoms. The molecule has 0 saturated heterocycles. The van der Waals surface area contributed by atoms with Crippen molar-refractivity contribution in [3.8, 4) is 0 Å². The Morgan fingerprint density at radius 2 is 2.31 bits per heavy atom. The lowest BCUT2D eigenvalue weighted by Crippen LogP contribution is -2.29. The van der Waals surface area contributed by atoms with E-state index in [9.17, 15) is 0 Å². The molecule has 0 saturated carbocycles. The third kappa shape index (κ3) is 2.89. The Balaban J connectivity index is 2.12. The fourth-order valence-electron chi connectivity index (χ4n) is 1.52. The summed E-state index contributed by atoms with van der Waals surface area (Å²) >= 11 is 5.18. The average Bonchev–Trinajstić information content (AvgIpc) is 2.73. The molecule has 2 aromatic heterocycles. The summed E-state index contributed by atoms with van der Waals surface area (Å²) in [7, 11) is 0. The minimum absolute atomic E-state index is 0.110. The van der Waals surface area contributed by atoms with Crippen LogP contribution in [0.4, 0.5) is 0 Å². The van der Waals surface area contributed by atoms with E-state index in [-0.39, 0.29) is 6.04 Å². The molecule has 2 aromatic rings. The number of thiophene rings is 1. The van der Waals surface area contributed by atoms with Gasteiger partial charge in [-0.3, -0.25) is 16.3 Å². The molecule has 0 radical (unpaired) electrons. The lowest BCUT2D eigenvalue weighted by atomic mass is 10.1. The van der Waals surface area contributed by atoms with Gasteiger partial charge in [0.05, 0.1) is 9.83 Å². The molecule has 3 N–H and O–H groups in total. The Morgan fingerprint density at radius 1 is 1.44 bits per heavy atom. The quantitative estimate of drug-likeness (QED) is 0.674. The van der Waals surface area contributed by atoms with E-state index in [4.69, 9.17) is 5.84 Å². The largest absolute Gasteiger partial charge is 0.271 e. The molecule has 0 amide bonds. The van der Waals surface area contributed by atoms with Crippen molar-refractivity contribution in [3.05, 3.63) is 50.9 Å². The van der Waals surface area contributed by atoms with Gasteiger partial charge in [-0.15, -0.1) is 11.3 Å². The van der Waals surface area contributed by atoms with Gasteiger partial charge in [-0.05, 0) is 39.7 Å². The Labute approximate surface area is 107 Å². The maximum absolute atomic E-state index is 5.57. The van der Waals surface area contributed by atoms with Crippen LogP contribution in [0.2, 0.25) is 0 Å². The van der Waals surface area contributed by atoms with Gasteiger partial charge >= 0.3 is 0 Å². The van der Waals surface area contributed by atoms with Gasteiger partial charge in [0, 0.05) is 23.7 Å². The highest BCUT2D eigenvalue weighted by Crippen LogP contribution is 2.26. The fraction of sp³-hybridized carbons (Fsp3) is 0.182. The molecular formula is C11H12BrN3S. The lowest BCUT2D eigenvalue weighted by molar-refractivity contribution is 0.554. The van der Waals surface area contributed by atoms with Crippen LogP contribution in [0.5, 0.6) is 0 Å². The van der Waals surface area contributed by atoms with E-state index >= 15 is 0 Å². The van der Waals surface area contributed by atoms with Crippen LogP contribution in [0.1, 0.15) is 16.5 Å². The van der Waals surface area contributed by atoms with Crippen LogP contribution in [0.3, 0.4) is 0 Å². The van der Waals surface area contributed by atoms with Crippen LogP contribution < -0.4 is 11.3 Å². The zero-order valence-corrected chi connectivity index (χ0v) is 11.0. The van der Waals surface area contributed by atoms with Crippen LogP contribution in [-0.4, -0.2) is 4.98 Å². The van der Waals surface area contributed by atoms with Gasteiger partial charge in [0.1, 0.15) is 0 Å². The average molecular weight is 298 g/mol. The first-order chi connectivity index (χ1) is 7.79. The summed E-state index contributed by atoms with van der Waals surface area (Å²) in [5.41, 5.74) is 3.93. The van der Waals surface area contributed by atoms with Crippen LogP contribution in [-0.2, 0) is 6.42 Å². The molecule has 1 atom stereocenters. The van der Waals surface area contributed by atoms with Crippen LogP contribution in [0.15, 0.2) is 40.4 Å². The molecule has 0 aliphatic carbocycles. The van der Waals surface area contributed by atoms with Crippen molar-refractivity contribution < 1.29 is 0 Å². The zero-order chi connectivity index (χ0) is 11.4. The summed E-state index contributed by atoms with van der Waals surface area (Å²) in [6.07, 6.45) is 4.48. The standard InChI is InChI=1S/C11H12BrN3S/c12-11-4-3-9(16-11)6-10(15-13)8-2-1-5-14-7-8/h1-5,7,10,15H,6,13H2. The summed E-state index contributed by atoms with van der Waals surface area (Å²) in [5.74, 6) is 5.57. The topological polar surface area (TPSA) is 50.9 Å². The molecule has 0 fully saturated rings. The highest BCUT2D eigenvalue weighted by molar-refractivity contribution is 9.11. The second-order valence-electron chi connectivity index (χ2n) is 3.42. The minimum Gasteiger partial charge on any atom is -0.271 e. The number of pyridine rings is 1. The maximum atomic E-state index is 5.57. The smallest absolute Gasteiger partial charge is 0.0701 e. The third-order valence-electron chi connectivity index (χ3n) is 2.32.